The molecule has 79 heavy (non-hydrogen) atoms. The number of halogens is 2. The third kappa shape index (κ3) is 11.2. The summed E-state index contributed by atoms with van der Waals surface area (Å²) in [4.78, 5) is 75.1. The largest absolute Gasteiger partial charge is 0.467 e. The summed E-state index contributed by atoms with van der Waals surface area (Å²) in [7, 11) is 5.35. The quantitative estimate of drug-likeness (QED) is 0.0730. The van der Waals surface area contributed by atoms with E-state index in [0.29, 0.717) is 82.6 Å². The van der Waals surface area contributed by atoms with E-state index in [2.05, 4.69) is 58.3 Å². The molecule has 7 aliphatic heterocycles. The number of carbonyl (C=O) groups excluding carboxylic acids is 4. The average Bonchev–Trinajstić information content (AvgIpc) is 4.33. The topological polar surface area (TPSA) is 169 Å². The number of piperazine rings is 1. The molecule has 7 aliphatic rings. The van der Waals surface area contributed by atoms with Crippen molar-refractivity contribution in [3.63, 3.8) is 0 Å². The minimum Gasteiger partial charge on any atom is -0.467 e. The molecule has 17 nitrogen and oxygen atoms in total. The number of aromatic nitrogens is 3. The third-order valence-corrected chi connectivity index (χ3v) is 17.7. The van der Waals surface area contributed by atoms with Crippen LogP contribution in [0.3, 0.4) is 0 Å². The average molecular weight is 1080 g/mol. The number of carbonyl (C=O) groups is 4. The highest BCUT2D eigenvalue weighted by atomic mass is 19.1. The molecule has 4 amide bonds. The van der Waals surface area contributed by atoms with Crippen molar-refractivity contribution < 1.29 is 37.4 Å². The smallest absolute Gasteiger partial charge is 0.409 e. The van der Waals surface area contributed by atoms with Crippen molar-refractivity contribution in [2.75, 3.05) is 94.9 Å². The number of terminal acetylenes is 1. The summed E-state index contributed by atoms with van der Waals surface area (Å²) in [5.41, 5.74) is 3.46. The molecule has 5 aromatic rings. The summed E-state index contributed by atoms with van der Waals surface area (Å²) in [6.07, 6.45) is 19.7. The van der Waals surface area contributed by atoms with Gasteiger partial charge in [-0.05, 0) is 131 Å². The first-order valence-corrected chi connectivity index (χ1v) is 28.3. The van der Waals surface area contributed by atoms with Crippen molar-refractivity contribution in [2.24, 2.45) is 5.92 Å². The number of amides is 4. The maximum absolute atomic E-state index is 16.1. The monoisotopic (exact) mass is 1080 g/mol. The Balaban J connectivity index is 0.000000173. The number of pyridine rings is 1. The van der Waals surface area contributed by atoms with Crippen LogP contribution < -0.4 is 30.1 Å². The highest BCUT2D eigenvalue weighted by Crippen LogP contribution is 2.40. The number of fused-ring (bicyclic) bond motifs is 5. The van der Waals surface area contributed by atoms with Gasteiger partial charge in [0.05, 0.1) is 29.4 Å². The third-order valence-electron chi connectivity index (χ3n) is 17.7. The lowest BCUT2D eigenvalue weighted by molar-refractivity contribution is -0.134. The van der Waals surface area contributed by atoms with Crippen molar-refractivity contribution in [3.05, 3.63) is 77.5 Å². The summed E-state index contributed by atoms with van der Waals surface area (Å²) >= 11 is 0. The second-order valence-corrected chi connectivity index (χ2v) is 22.7. The number of imide groups is 1. The first kappa shape index (κ1) is 54.0. The number of piperidine rings is 3. The number of anilines is 3. The van der Waals surface area contributed by atoms with Crippen LogP contribution in [-0.2, 0) is 19.1 Å². The van der Waals surface area contributed by atoms with Gasteiger partial charge in [-0.2, -0.15) is 9.97 Å². The SMILES string of the molecule is C#Cc1c(F)ccc2cccc(-c3ncc4c(N5CC6CCC(C5)N6)nc(OC)nc4c3F)c12.CN(C)c1cc(C2CCN(CC3CCN(C(=O)OCC4CCC5CCCN54)CC3)CC2)ccc1N(C=O)C1CCC(=O)NC1=O. The lowest BCUT2D eigenvalue weighted by Crippen LogP contribution is -2.52. The molecule has 416 valence electrons. The Morgan fingerprint density at radius 2 is 1.68 bits per heavy atom. The van der Waals surface area contributed by atoms with Gasteiger partial charge in [0.15, 0.2) is 5.82 Å². The first-order valence-electron chi connectivity index (χ1n) is 28.3. The van der Waals surface area contributed by atoms with E-state index >= 15 is 4.39 Å². The van der Waals surface area contributed by atoms with Crippen LogP contribution in [-0.4, -0.2) is 164 Å². The van der Waals surface area contributed by atoms with E-state index in [9.17, 15) is 23.6 Å². The zero-order valence-electron chi connectivity index (χ0n) is 45.5. The normalized spacial score (nSPS) is 23.7. The van der Waals surface area contributed by atoms with Gasteiger partial charge in [-0.3, -0.25) is 29.6 Å². The van der Waals surface area contributed by atoms with Crippen LogP contribution in [0.15, 0.2) is 54.7 Å². The Morgan fingerprint density at radius 3 is 2.41 bits per heavy atom. The van der Waals surface area contributed by atoms with E-state index < -0.39 is 23.6 Å². The molecule has 2 bridgehead atoms. The van der Waals surface area contributed by atoms with Crippen LogP contribution in [0.5, 0.6) is 6.01 Å². The Labute approximate surface area is 460 Å². The molecule has 7 saturated heterocycles. The Hall–Kier alpha value is -7.01. The van der Waals surface area contributed by atoms with Gasteiger partial charge in [-0.1, -0.05) is 36.3 Å². The minimum atomic E-state index is -0.694. The second-order valence-electron chi connectivity index (χ2n) is 22.7. The molecule has 0 spiro atoms. The van der Waals surface area contributed by atoms with E-state index in [1.807, 2.05) is 30.0 Å². The van der Waals surface area contributed by atoms with Crippen molar-refractivity contribution in [1.82, 2.24) is 40.3 Å². The maximum atomic E-state index is 16.1. The summed E-state index contributed by atoms with van der Waals surface area (Å²) < 4.78 is 41.7. The summed E-state index contributed by atoms with van der Waals surface area (Å²) in [6.45, 7) is 7.97. The molecule has 9 heterocycles. The second kappa shape index (κ2) is 23.4. The molecule has 0 saturated carbocycles. The van der Waals surface area contributed by atoms with Crippen LogP contribution in [0, 0.1) is 29.9 Å². The van der Waals surface area contributed by atoms with Crippen LogP contribution in [0.1, 0.15) is 94.1 Å². The van der Waals surface area contributed by atoms with E-state index in [4.69, 9.17) is 15.9 Å². The van der Waals surface area contributed by atoms with Gasteiger partial charge in [-0.15, -0.1) is 6.42 Å². The van der Waals surface area contributed by atoms with Crippen LogP contribution in [0.25, 0.3) is 32.9 Å². The van der Waals surface area contributed by atoms with Gasteiger partial charge in [-0.25, -0.2) is 13.6 Å². The molecule has 5 unspecified atom stereocenters. The summed E-state index contributed by atoms with van der Waals surface area (Å²) in [5, 5.41) is 7.60. The van der Waals surface area contributed by atoms with Crippen molar-refractivity contribution in [3.8, 4) is 29.6 Å². The van der Waals surface area contributed by atoms with Crippen molar-refractivity contribution in [1.29, 1.82) is 0 Å². The Bertz CT molecular complexity index is 3150. The molecule has 3 aromatic carbocycles. The Kier molecular flexibility index (Phi) is 16.0. The van der Waals surface area contributed by atoms with Crippen LogP contribution in [0.4, 0.5) is 30.8 Å². The Morgan fingerprint density at radius 1 is 0.899 bits per heavy atom. The number of hydrogen-bond acceptors (Lipinski definition) is 14. The van der Waals surface area contributed by atoms with Gasteiger partial charge in [0.25, 0.3) is 0 Å². The van der Waals surface area contributed by atoms with Gasteiger partial charge in [0, 0.05) is 94.6 Å². The highest BCUT2D eigenvalue weighted by molar-refractivity contribution is 6.05. The first-order chi connectivity index (χ1) is 38.4. The van der Waals surface area contributed by atoms with E-state index in [1.54, 1.807) is 30.5 Å². The zero-order chi connectivity index (χ0) is 54.9. The number of rotatable bonds is 12. The fourth-order valence-corrected chi connectivity index (χ4v) is 13.6. The van der Waals surface area contributed by atoms with Gasteiger partial charge >= 0.3 is 12.1 Å². The van der Waals surface area contributed by atoms with Crippen molar-refractivity contribution >= 4 is 63.2 Å². The number of nitrogens with zero attached hydrogens (tertiary/aromatic N) is 9. The van der Waals surface area contributed by atoms with Crippen molar-refractivity contribution in [2.45, 2.75) is 113 Å². The molecule has 12 rings (SSSR count). The van der Waals surface area contributed by atoms with Crippen LogP contribution >= 0.6 is 0 Å². The number of hydrogen-bond donors (Lipinski definition) is 2. The molecular formula is C60H71F2N11O6. The van der Waals surface area contributed by atoms with E-state index in [-0.39, 0.29) is 41.2 Å². The number of methoxy groups -OCH3 is 1. The lowest BCUT2D eigenvalue weighted by Gasteiger charge is -2.38. The molecule has 0 radical (unpaired) electrons. The zero-order valence-corrected chi connectivity index (χ0v) is 45.5. The number of nitrogens with one attached hydrogen (secondary N) is 2. The maximum Gasteiger partial charge on any atom is 0.409 e. The molecule has 2 N–H and O–H groups in total. The molecule has 7 fully saturated rings. The predicted molar refractivity (Wildman–Crippen MR) is 299 cm³/mol. The number of likely N-dealkylation sites (tertiary alicyclic amines) is 2. The standard InChI is InChI=1S/C34H50N6O5.C26H21F2N5O/c1-36(2)31-20-26(5-8-29(31)40(23-41)30-9-10-32(42)35-33(30)43)25-13-16-37(17-14-25)21-24-11-18-38(19-12-24)34(44)45-22-28-7-6-27-4-3-15-39(27)28;1-3-17-20(27)10-7-14-5-4-6-18(21(14)17)23-22(28)24-19(11-29-23)25(32-26(31-24)34-2)33-12-15-8-9-16(13-33)30-15/h5,8,20,23-25,27-28,30H,3-4,6-7,9-19,21-22H2,1-2H3,(H,35,42,43);1,4-7,10-11,15-16,30H,8-9,12-13H2,2H3. The minimum absolute atomic E-state index is 0.0484. The van der Waals surface area contributed by atoms with Gasteiger partial charge < -0.3 is 39.3 Å². The fourth-order valence-electron chi connectivity index (χ4n) is 13.6. The predicted octanol–water partition coefficient (Wildman–Crippen LogP) is 7.23. The molecule has 5 atom stereocenters. The van der Waals surface area contributed by atoms with Gasteiger partial charge in [0.2, 0.25) is 18.2 Å². The van der Waals surface area contributed by atoms with E-state index in [0.717, 1.165) is 109 Å². The van der Waals surface area contributed by atoms with Gasteiger partial charge in [0.1, 0.15) is 35.5 Å². The number of ether oxygens (including phenoxy) is 2. The summed E-state index contributed by atoms with van der Waals surface area (Å²) in [6, 6.07) is 15.7. The summed E-state index contributed by atoms with van der Waals surface area (Å²) in [5.74, 6) is 2.16. The van der Waals surface area contributed by atoms with E-state index in [1.165, 1.54) is 42.9 Å². The fraction of sp³-hybridized carbons (Fsp3) is 0.517. The molecule has 19 heteroatoms. The lowest BCUT2D eigenvalue weighted by atomic mass is 9.87. The molecule has 2 aromatic heterocycles. The molecule has 0 aliphatic carbocycles. The molecular weight excluding hydrogens is 1010 g/mol. The highest BCUT2D eigenvalue weighted by Gasteiger charge is 2.39. The number of benzene rings is 3. The van der Waals surface area contributed by atoms with Crippen LogP contribution in [0.2, 0.25) is 0 Å².